The van der Waals surface area contributed by atoms with E-state index in [0.29, 0.717) is 11.5 Å². The molecule has 0 saturated heterocycles. The van der Waals surface area contributed by atoms with E-state index in [-0.39, 0.29) is 23.5 Å². The Morgan fingerprint density at radius 1 is 1.50 bits per heavy atom. The Kier molecular flexibility index (Phi) is 6.07. The van der Waals surface area contributed by atoms with E-state index in [1.54, 1.807) is 6.92 Å². The Bertz CT molecular complexity index is 535. The van der Waals surface area contributed by atoms with Crippen LogP contribution in [0.15, 0.2) is 18.2 Å². The minimum absolute atomic E-state index is 0.0731. The fraction of sp³-hybridized carbons (Fsp3) is 0.364. The molecule has 1 unspecified atom stereocenters. The minimum Gasteiger partial charge on any atom is -0.351 e. The second-order valence-corrected chi connectivity index (χ2v) is 5.69. The van der Waals surface area contributed by atoms with Gasteiger partial charge in [-0.15, -0.1) is 0 Å². The van der Waals surface area contributed by atoms with E-state index in [1.165, 1.54) is 12.1 Å². The number of nitro benzene ring substituents is 1. The number of hydrazine groups is 1. The van der Waals surface area contributed by atoms with Crippen molar-refractivity contribution in [3.8, 4) is 0 Å². The molecule has 20 heavy (non-hydrogen) atoms. The molecule has 0 aliphatic carbocycles. The van der Waals surface area contributed by atoms with Gasteiger partial charge in [-0.25, -0.2) is 0 Å². The van der Waals surface area contributed by atoms with Gasteiger partial charge in [-0.2, -0.15) is 0 Å². The third-order valence-corrected chi connectivity index (χ3v) is 3.85. The number of nitrogens with two attached hydrogens (primary N) is 1. The van der Waals surface area contributed by atoms with Crippen molar-refractivity contribution in [2.75, 3.05) is 23.5 Å². The van der Waals surface area contributed by atoms with Crippen molar-refractivity contribution in [1.82, 2.24) is 5.32 Å². The van der Waals surface area contributed by atoms with Crippen LogP contribution in [0.4, 0.5) is 11.4 Å². The first-order valence-corrected chi connectivity index (χ1v) is 7.36. The number of nitrogens with zero attached hydrogens (tertiary/aromatic N) is 1. The van der Waals surface area contributed by atoms with Gasteiger partial charge in [-0.1, -0.05) is 6.92 Å². The summed E-state index contributed by atoms with van der Waals surface area (Å²) in [5.41, 5.74) is 2.46. The summed E-state index contributed by atoms with van der Waals surface area (Å²) in [4.78, 5) is 22.0. The lowest BCUT2D eigenvalue weighted by Gasteiger charge is -2.09. The molecule has 0 aliphatic rings. The largest absolute Gasteiger partial charge is 0.351 e. The van der Waals surface area contributed by atoms with Gasteiger partial charge >= 0.3 is 0 Å². The van der Waals surface area contributed by atoms with E-state index in [2.05, 4.69) is 10.7 Å². The van der Waals surface area contributed by atoms with Crippen LogP contribution in [0.3, 0.4) is 0 Å². The Morgan fingerprint density at radius 2 is 2.20 bits per heavy atom. The third-order valence-electron chi connectivity index (χ3n) is 2.55. The molecular formula is C11H16N4O4S. The summed E-state index contributed by atoms with van der Waals surface area (Å²) in [6.45, 7) is 2.01. The second-order valence-electron chi connectivity index (χ2n) is 3.82. The predicted octanol–water partition coefficient (Wildman–Crippen LogP) is 0.379. The molecule has 1 atom stereocenters. The molecule has 4 N–H and O–H groups in total. The summed E-state index contributed by atoms with van der Waals surface area (Å²) in [7, 11) is -0.982. The number of non-ortho nitro benzene ring substituents is 1. The van der Waals surface area contributed by atoms with Crippen molar-refractivity contribution >= 4 is 28.1 Å². The fourth-order valence-electron chi connectivity index (χ4n) is 1.48. The molecule has 0 bridgehead atoms. The summed E-state index contributed by atoms with van der Waals surface area (Å²) in [5, 5.41) is 13.3. The number of hydrogen-bond acceptors (Lipinski definition) is 6. The lowest BCUT2D eigenvalue weighted by Crippen LogP contribution is -2.29. The number of amides is 1. The van der Waals surface area contributed by atoms with E-state index >= 15 is 0 Å². The molecule has 1 aromatic rings. The zero-order valence-corrected chi connectivity index (χ0v) is 11.7. The lowest BCUT2D eigenvalue weighted by atomic mass is 10.1. The normalized spacial score (nSPS) is 11.7. The van der Waals surface area contributed by atoms with Crippen LogP contribution in [0, 0.1) is 10.1 Å². The van der Waals surface area contributed by atoms with Gasteiger partial charge in [0.2, 0.25) is 0 Å². The second kappa shape index (κ2) is 7.56. The van der Waals surface area contributed by atoms with Crippen molar-refractivity contribution in [3.63, 3.8) is 0 Å². The molecular weight excluding hydrogens is 284 g/mol. The van der Waals surface area contributed by atoms with E-state index in [0.717, 1.165) is 6.07 Å². The summed E-state index contributed by atoms with van der Waals surface area (Å²) in [5.74, 6) is 5.61. The van der Waals surface area contributed by atoms with Crippen LogP contribution in [-0.2, 0) is 10.8 Å². The van der Waals surface area contributed by atoms with Gasteiger partial charge in [0.1, 0.15) is 0 Å². The SMILES string of the molecule is CCS(=O)CCNC(=O)c1cc([N+](=O)[O-])ccc1NN. The van der Waals surface area contributed by atoms with E-state index in [9.17, 15) is 19.1 Å². The van der Waals surface area contributed by atoms with Crippen LogP contribution in [-0.4, -0.2) is 33.1 Å². The first kappa shape index (κ1) is 16.1. The van der Waals surface area contributed by atoms with Crippen LogP contribution >= 0.6 is 0 Å². The Morgan fingerprint density at radius 3 is 2.75 bits per heavy atom. The molecule has 1 amide bonds. The average Bonchev–Trinajstić information content (AvgIpc) is 2.45. The highest BCUT2D eigenvalue weighted by molar-refractivity contribution is 7.84. The molecule has 0 saturated carbocycles. The number of anilines is 1. The van der Waals surface area contributed by atoms with Crippen molar-refractivity contribution in [2.24, 2.45) is 5.84 Å². The summed E-state index contributed by atoms with van der Waals surface area (Å²) in [6, 6.07) is 3.75. The van der Waals surface area contributed by atoms with Gasteiger partial charge in [-0.3, -0.25) is 25.0 Å². The molecule has 0 radical (unpaired) electrons. The maximum absolute atomic E-state index is 11.9. The molecule has 0 aromatic heterocycles. The van der Waals surface area contributed by atoms with Gasteiger partial charge in [0, 0.05) is 41.0 Å². The molecule has 0 aliphatic heterocycles. The fourth-order valence-corrected chi connectivity index (χ4v) is 2.10. The van der Waals surface area contributed by atoms with E-state index < -0.39 is 21.6 Å². The number of nitro groups is 1. The van der Waals surface area contributed by atoms with Crippen LogP contribution in [0.25, 0.3) is 0 Å². The smallest absolute Gasteiger partial charge is 0.270 e. The Hall–Kier alpha value is -2.00. The molecule has 9 heteroatoms. The quantitative estimate of drug-likeness (QED) is 0.379. The molecule has 1 aromatic carbocycles. The Balaban J connectivity index is 2.82. The zero-order valence-electron chi connectivity index (χ0n) is 10.9. The van der Waals surface area contributed by atoms with Crippen molar-refractivity contribution in [2.45, 2.75) is 6.92 Å². The van der Waals surface area contributed by atoms with Crippen LogP contribution in [0.1, 0.15) is 17.3 Å². The highest BCUT2D eigenvalue weighted by atomic mass is 32.2. The number of hydrogen-bond donors (Lipinski definition) is 3. The van der Waals surface area contributed by atoms with Crippen molar-refractivity contribution in [1.29, 1.82) is 0 Å². The molecule has 110 valence electrons. The van der Waals surface area contributed by atoms with E-state index in [4.69, 9.17) is 5.84 Å². The molecule has 0 fully saturated rings. The average molecular weight is 300 g/mol. The molecule has 8 nitrogen and oxygen atoms in total. The summed E-state index contributed by atoms with van der Waals surface area (Å²) in [6.07, 6.45) is 0. The minimum atomic E-state index is -0.982. The number of nitrogens with one attached hydrogen (secondary N) is 2. The van der Waals surface area contributed by atoms with Gasteiger partial charge in [0.15, 0.2) is 0 Å². The highest BCUT2D eigenvalue weighted by Gasteiger charge is 2.16. The highest BCUT2D eigenvalue weighted by Crippen LogP contribution is 2.21. The lowest BCUT2D eigenvalue weighted by molar-refractivity contribution is -0.384. The maximum atomic E-state index is 11.9. The van der Waals surface area contributed by atoms with Gasteiger partial charge < -0.3 is 10.7 Å². The molecule has 1 rings (SSSR count). The first-order chi connectivity index (χ1) is 9.49. The number of carbonyl (C=O) groups is 1. The predicted molar refractivity (Wildman–Crippen MR) is 76.8 cm³/mol. The van der Waals surface area contributed by atoms with Crippen LogP contribution in [0.5, 0.6) is 0 Å². The van der Waals surface area contributed by atoms with Gasteiger partial charge in [0.25, 0.3) is 11.6 Å². The summed E-state index contributed by atoms with van der Waals surface area (Å²) >= 11 is 0. The van der Waals surface area contributed by atoms with E-state index in [1.807, 2.05) is 0 Å². The zero-order chi connectivity index (χ0) is 15.1. The number of rotatable bonds is 7. The Labute approximate surface area is 118 Å². The topological polar surface area (TPSA) is 127 Å². The third kappa shape index (κ3) is 4.28. The first-order valence-electron chi connectivity index (χ1n) is 5.87. The number of benzene rings is 1. The number of nitrogen functional groups attached to an aromatic ring is 1. The van der Waals surface area contributed by atoms with Crippen LogP contribution in [0.2, 0.25) is 0 Å². The number of carbonyl (C=O) groups excluding carboxylic acids is 1. The van der Waals surface area contributed by atoms with Crippen LogP contribution < -0.4 is 16.6 Å². The van der Waals surface area contributed by atoms with Crippen molar-refractivity contribution < 1.29 is 13.9 Å². The van der Waals surface area contributed by atoms with Crippen molar-refractivity contribution in [3.05, 3.63) is 33.9 Å². The molecule has 0 heterocycles. The molecule has 0 spiro atoms. The van der Waals surface area contributed by atoms with Gasteiger partial charge in [0.05, 0.1) is 16.2 Å². The summed E-state index contributed by atoms with van der Waals surface area (Å²) < 4.78 is 11.2. The van der Waals surface area contributed by atoms with Gasteiger partial charge in [-0.05, 0) is 6.07 Å². The maximum Gasteiger partial charge on any atom is 0.270 e. The standard InChI is InChI=1S/C11H16N4O4S/c1-2-20(19)6-5-13-11(16)9-7-8(15(17)18)3-4-10(9)14-12/h3-4,7,14H,2,5-6,12H2,1H3,(H,13,16). The monoisotopic (exact) mass is 300 g/mol.